The van der Waals surface area contributed by atoms with Gasteiger partial charge in [0.15, 0.2) is 0 Å². The fourth-order valence-electron chi connectivity index (χ4n) is 2.60. The number of phenols is 1. The minimum Gasteiger partial charge on any atom is -0.506 e. The van der Waals surface area contributed by atoms with Gasteiger partial charge >= 0.3 is 0 Å². The van der Waals surface area contributed by atoms with Gasteiger partial charge in [-0.25, -0.2) is 4.39 Å². The first-order valence-corrected chi connectivity index (χ1v) is 7.98. The summed E-state index contributed by atoms with van der Waals surface area (Å²) < 4.78 is 14.0. The van der Waals surface area contributed by atoms with Crippen LogP contribution in [0.4, 0.5) is 10.1 Å². The van der Waals surface area contributed by atoms with Crippen LogP contribution in [0, 0.1) is 5.82 Å². The molecule has 4 nitrogen and oxygen atoms in total. The van der Waals surface area contributed by atoms with E-state index in [4.69, 9.17) is 0 Å². The molecule has 0 saturated carbocycles. The van der Waals surface area contributed by atoms with Crippen LogP contribution >= 0.6 is 0 Å². The van der Waals surface area contributed by atoms with Crippen LogP contribution in [-0.2, 0) is 6.42 Å². The molecule has 0 aromatic heterocycles. The van der Waals surface area contributed by atoms with Gasteiger partial charge < -0.3 is 10.4 Å². The summed E-state index contributed by atoms with van der Waals surface area (Å²) in [6, 6.07) is 18.2. The van der Waals surface area contributed by atoms with E-state index < -0.39 is 11.7 Å². The Hall–Kier alpha value is -3.47. The third-order valence-corrected chi connectivity index (χ3v) is 3.93. The van der Waals surface area contributed by atoms with Crippen LogP contribution in [0.25, 0.3) is 0 Å². The van der Waals surface area contributed by atoms with Gasteiger partial charge in [0, 0.05) is 5.56 Å². The van der Waals surface area contributed by atoms with Crippen LogP contribution in [0.15, 0.2) is 66.7 Å². The van der Waals surface area contributed by atoms with Gasteiger partial charge in [0.2, 0.25) is 0 Å². The highest BCUT2D eigenvalue weighted by molar-refractivity contribution is 6.05. The number of hydrogen-bond donors (Lipinski definition) is 2. The van der Waals surface area contributed by atoms with Crippen LogP contribution < -0.4 is 5.32 Å². The molecule has 2 N–H and O–H groups in total. The number of aldehydes is 1. The Bertz CT molecular complexity index is 955. The Labute approximate surface area is 149 Å². The van der Waals surface area contributed by atoms with Crippen LogP contribution in [0.1, 0.15) is 31.8 Å². The van der Waals surface area contributed by atoms with Gasteiger partial charge in [-0.3, -0.25) is 9.59 Å². The molecule has 130 valence electrons. The number of aromatic hydroxyl groups is 1. The number of carbonyl (C=O) groups excluding carboxylic acids is 2. The molecule has 0 aliphatic carbocycles. The van der Waals surface area contributed by atoms with Gasteiger partial charge in [0.1, 0.15) is 17.9 Å². The summed E-state index contributed by atoms with van der Waals surface area (Å²) in [4.78, 5) is 23.0. The van der Waals surface area contributed by atoms with E-state index in [9.17, 15) is 19.1 Å². The van der Waals surface area contributed by atoms with Crippen molar-refractivity contribution in [3.8, 4) is 5.75 Å². The van der Waals surface area contributed by atoms with Gasteiger partial charge in [-0.2, -0.15) is 0 Å². The van der Waals surface area contributed by atoms with Crippen molar-refractivity contribution in [1.29, 1.82) is 0 Å². The highest BCUT2D eigenvalue weighted by atomic mass is 19.1. The second-order valence-corrected chi connectivity index (χ2v) is 5.83. The fourth-order valence-corrected chi connectivity index (χ4v) is 2.60. The second-order valence-electron chi connectivity index (χ2n) is 5.83. The first-order chi connectivity index (χ1) is 12.6. The topological polar surface area (TPSA) is 66.4 Å². The van der Waals surface area contributed by atoms with Crippen molar-refractivity contribution in [3.63, 3.8) is 0 Å². The lowest BCUT2D eigenvalue weighted by atomic mass is 10.0. The molecule has 0 radical (unpaired) electrons. The smallest absolute Gasteiger partial charge is 0.258 e. The molecule has 0 bridgehead atoms. The summed E-state index contributed by atoms with van der Waals surface area (Å²) in [5.74, 6) is -1.61. The Morgan fingerprint density at radius 2 is 1.77 bits per heavy atom. The fraction of sp³-hybridized carbons (Fsp3) is 0.0476. The summed E-state index contributed by atoms with van der Waals surface area (Å²) in [5, 5.41) is 12.5. The number of phenolic OH excluding ortho intramolecular Hbond substituents is 1. The highest BCUT2D eigenvalue weighted by Gasteiger charge is 2.14. The van der Waals surface area contributed by atoms with Crippen molar-refractivity contribution in [1.82, 2.24) is 0 Å². The molecule has 0 heterocycles. The average molecular weight is 349 g/mol. The number of rotatable bonds is 5. The van der Waals surface area contributed by atoms with Crippen LogP contribution in [0.2, 0.25) is 0 Å². The third kappa shape index (κ3) is 3.95. The molecule has 3 aromatic carbocycles. The van der Waals surface area contributed by atoms with E-state index in [1.807, 2.05) is 30.3 Å². The molecule has 0 atom stereocenters. The Balaban J connectivity index is 1.81. The molecule has 0 fully saturated rings. The Morgan fingerprint density at radius 1 is 1.00 bits per heavy atom. The van der Waals surface area contributed by atoms with Gasteiger partial charge in [0.05, 0.1) is 11.3 Å². The molecule has 0 spiro atoms. The number of benzene rings is 3. The van der Waals surface area contributed by atoms with Crippen molar-refractivity contribution in [2.45, 2.75) is 6.42 Å². The molecule has 0 aliphatic rings. The summed E-state index contributed by atoms with van der Waals surface area (Å²) in [6.45, 7) is 0. The molecule has 1 amide bonds. The number of halogens is 1. The van der Waals surface area contributed by atoms with Crippen molar-refractivity contribution >= 4 is 17.9 Å². The van der Waals surface area contributed by atoms with Gasteiger partial charge in [-0.15, -0.1) is 0 Å². The maximum atomic E-state index is 14.0. The highest BCUT2D eigenvalue weighted by Crippen LogP contribution is 2.26. The van der Waals surface area contributed by atoms with Gasteiger partial charge in [-0.1, -0.05) is 42.5 Å². The molecule has 3 aromatic rings. The minimum atomic E-state index is -0.799. The van der Waals surface area contributed by atoms with Crippen molar-refractivity contribution in [2.24, 2.45) is 0 Å². The zero-order valence-corrected chi connectivity index (χ0v) is 13.8. The van der Waals surface area contributed by atoms with Crippen molar-refractivity contribution in [3.05, 3.63) is 94.8 Å². The average Bonchev–Trinajstić information content (AvgIpc) is 2.65. The van der Waals surface area contributed by atoms with Crippen LogP contribution in [-0.4, -0.2) is 17.3 Å². The number of nitrogens with one attached hydrogen (secondary N) is 1. The van der Waals surface area contributed by atoms with E-state index in [1.54, 1.807) is 12.1 Å². The largest absolute Gasteiger partial charge is 0.506 e. The summed E-state index contributed by atoms with van der Waals surface area (Å²) in [6.07, 6.45) is 1.13. The zero-order chi connectivity index (χ0) is 18.5. The summed E-state index contributed by atoms with van der Waals surface area (Å²) in [7, 11) is 0. The van der Waals surface area contributed by atoms with E-state index in [0.717, 1.165) is 17.2 Å². The lowest BCUT2D eigenvalue weighted by Crippen LogP contribution is -2.14. The molecule has 5 heteroatoms. The molecule has 26 heavy (non-hydrogen) atoms. The first-order valence-electron chi connectivity index (χ1n) is 7.98. The van der Waals surface area contributed by atoms with E-state index in [0.29, 0.717) is 12.7 Å². The van der Waals surface area contributed by atoms with Gasteiger partial charge in [0.25, 0.3) is 5.91 Å². The Morgan fingerprint density at radius 3 is 2.46 bits per heavy atom. The number of carbonyl (C=O) groups is 2. The number of hydrogen-bond acceptors (Lipinski definition) is 3. The molecular formula is C21H16FNO3. The third-order valence-electron chi connectivity index (χ3n) is 3.93. The quantitative estimate of drug-likeness (QED) is 0.536. The molecule has 3 rings (SSSR count). The standard InChI is InChI=1S/C21H16FNO3/c22-18-11-16(13-24)6-8-17(18)21(26)23-19-12-15(7-9-20(19)25)10-14-4-2-1-3-5-14/h1-9,11-13,25H,10H2,(H,23,26). The van der Waals surface area contributed by atoms with Crippen LogP contribution in [0.5, 0.6) is 5.75 Å². The zero-order valence-electron chi connectivity index (χ0n) is 13.8. The molecule has 0 aliphatic heterocycles. The van der Waals surface area contributed by atoms with E-state index in [2.05, 4.69) is 5.32 Å². The lowest BCUT2D eigenvalue weighted by molar-refractivity contribution is 0.102. The summed E-state index contributed by atoms with van der Waals surface area (Å²) in [5.41, 5.74) is 2.12. The van der Waals surface area contributed by atoms with Crippen molar-refractivity contribution < 1.29 is 19.1 Å². The van der Waals surface area contributed by atoms with E-state index in [-0.39, 0.29) is 22.6 Å². The van der Waals surface area contributed by atoms with Crippen molar-refractivity contribution in [2.75, 3.05) is 5.32 Å². The van der Waals surface area contributed by atoms with Crippen LogP contribution in [0.3, 0.4) is 0 Å². The molecule has 0 saturated heterocycles. The monoisotopic (exact) mass is 349 g/mol. The van der Waals surface area contributed by atoms with E-state index >= 15 is 0 Å². The maximum Gasteiger partial charge on any atom is 0.258 e. The molecular weight excluding hydrogens is 333 g/mol. The second kappa shape index (κ2) is 7.61. The Kier molecular flexibility index (Phi) is 5.08. The first kappa shape index (κ1) is 17.4. The number of anilines is 1. The normalized spacial score (nSPS) is 10.3. The maximum absolute atomic E-state index is 14.0. The SMILES string of the molecule is O=Cc1ccc(C(=O)Nc2cc(Cc3ccccc3)ccc2O)c(F)c1. The number of amides is 1. The minimum absolute atomic E-state index is 0.111. The summed E-state index contributed by atoms with van der Waals surface area (Å²) >= 11 is 0. The predicted octanol–water partition coefficient (Wildman–Crippen LogP) is 4.19. The lowest BCUT2D eigenvalue weighted by Gasteiger charge is -2.10. The predicted molar refractivity (Wildman–Crippen MR) is 97.1 cm³/mol. The van der Waals surface area contributed by atoms with Gasteiger partial charge in [-0.05, 0) is 41.8 Å². The molecule has 0 unspecified atom stereocenters. The van der Waals surface area contributed by atoms with E-state index in [1.165, 1.54) is 18.2 Å².